The Bertz CT molecular complexity index is 826. The number of hydrogen-bond acceptors (Lipinski definition) is 4. The normalized spacial score (nSPS) is 14.0. The van der Waals surface area contributed by atoms with Crippen LogP contribution in [0.2, 0.25) is 0 Å². The lowest BCUT2D eigenvalue weighted by molar-refractivity contribution is 0.624. The van der Waals surface area contributed by atoms with E-state index in [4.69, 9.17) is 0 Å². The van der Waals surface area contributed by atoms with E-state index < -0.39 is 0 Å². The van der Waals surface area contributed by atoms with Gasteiger partial charge < -0.3 is 4.98 Å². The summed E-state index contributed by atoms with van der Waals surface area (Å²) in [5, 5.41) is 8.35. The Morgan fingerprint density at radius 1 is 1.05 bits per heavy atom. The predicted octanol–water partition coefficient (Wildman–Crippen LogP) is 2.87. The van der Waals surface area contributed by atoms with Gasteiger partial charge in [-0.15, -0.1) is 5.10 Å². The molecular formula is C15H11FN5. The second-order valence-corrected chi connectivity index (χ2v) is 4.66. The number of nitrogens with zero attached hydrogens (tertiary/aromatic N) is 3. The first kappa shape index (κ1) is 11.8. The molecule has 0 saturated carbocycles. The first-order chi connectivity index (χ1) is 10.3. The van der Waals surface area contributed by atoms with Gasteiger partial charge in [0.2, 0.25) is 6.34 Å². The van der Waals surface area contributed by atoms with E-state index >= 15 is 0 Å². The maximum atomic E-state index is 13.4. The molecule has 1 aromatic heterocycles. The second-order valence-electron chi connectivity index (χ2n) is 4.66. The number of rotatable bonds is 2. The van der Waals surface area contributed by atoms with Gasteiger partial charge in [-0.2, -0.15) is 10.7 Å². The summed E-state index contributed by atoms with van der Waals surface area (Å²) in [6, 6.07) is 14.2. The molecule has 21 heavy (non-hydrogen) atoms. The van der Waals surface area contributed by atoms with Gasteiger partial charge in [0.25, 0.3) is 0 Å². The molecule has 4 rings (SSSR count). The number of benzene rings is 2. The van der Waals surface area contributed by atoms with Crippen LogP contribution in [0.4, 0.5) is 15.8 Å². The molecule has 2 heterocycles. The molecule has 1 aliphatic rings. The fourth-order valence-corrected chi connectivity index (χ4v) is 2.33. The van der Waals surface area contributed by atoms with E-state index in [0.717, 1.165) is 16.6 Å². The molecule has 0 fully saturated rings. The third-order valence-corrected chi connectivity index (χ3v) is 3.33. The Kier molecular flexibility index (Phi) is 2.53. The van der Waals surface area contributed by atoms with Crippen LogP contribution in [0.15, 0.2) is 59.8 Å². The smallest absolute Gasteiger partial charge is 0.222 e. The number of aromatic amines is 1. The number of halogens is 1. The maximum absolute atomic E-state index is 13.4. The number of hydrazine groups is 2. The van der Waals surface area contributed by atoms with Gasteiger partial charge in [-0.05, 0) is 35.7 Å². The molecule has 0 spiro atoms. The van der Waals surface area contributed by atoms with Crippen molar-refractivity contribution in [1.82, 2.24) is 10.5 Å². The number of H-pyrrole nitrogens is 1. The van der Waals surface area contributed by atoms with Gasteiger partial charge >= 0.3 is 0 Å². The molecule has 0 saturated heterocycles. The zero-order valence-corrected chi connectivity index (χ0v) is 10.9. The van der Waals surface area contributed by atoms with Crippen molar-refractivity contribution in [3.8, 4) is 0 Å². The van der Waals surface area contributed by atoms with Crippen molar-refractivity contribution in [3.63, 3.8) is 0 Å². The standard InChI is InChI=1S/C15H11FN5/c16-12-2-1-3-14(8-12)21-19-18-10-20(21)13-5-4-11-6-7-17-15(11)9-13/h1-9,17,19H. The molecule has 0 aliphatic carbocycles. The highest BCUT2D eigenvalue weighted by molar-refractivity contribution is 5.90. The van der Waals surface area contributed by atoms with Crippen LogP contribution in [0, 0.1) is 5.82 Å². The molecule has 2 aromatic carbocycles. The number of hydrogen-bond donors (Lipinski definition) is 2. The zero-order chi connectivity index (χ0) is 14.2. The first-order valence-electron chi connectivity index (χ1n) is 6.45. The molecule has 0 amide bonds. The van der Waals surface area contributed by atoms with Crippen LogP contribution in [0.5, 0.6) is 0 Å². The topological polar surface area (TPSA) is 46.7 Å². The van der Waals surface area contributed by atoms with Crippen molar-refractivity contribution in [2.24, 2.45) is 5.10 Å². The van der Waals surface area contributed by atoms with Crippen molar-refractivity contribution < 1.29 is 4.39 Å². The fourth-order valence-electron chi connectivity index (χ4n) is 2.33. The number of fused-ring (bicyclic) bond motifs is 1. The summed E-state index contributed by atoms with van der Waals surface area (Å²) in [7, 11) is 0. The van der Waals surface area contributed by atoms with E-state index in [0.29, 0.717) is 5.69 Å². The van der Waals surface area contributed by atoms with Crippen molar-refractivity contribution in [3.05, 3.63) is 60.5 Å². The molecule has 103 valence electrons. The predicted molar refractivity (Wildman–Crippen MR) is 80.2 cm³/mol. The van der Waals surface area contributed by atoms with E-state index in [1.165, 1.54) is 12.1 Å². The largest absolute Gasteiger partial charge is 0.361 e. The molecule has 3 aromatic rings. The van der Waals surface area contributed by atoms with Crippen molar-refractivity contribution in [2.75, 3.05) is 10.1 Å². The fraction of sp³-hybridized carbons (Fsp3) is 0. The van der Waals surface area contributed by atoms with Crippen LogP contribution in [-0.2, 0) is 0 Å². The van der Waals surface area contributed by atoms with Gasteiger partial charge in [-0.1, -0.05) is 12.1 Å². The molecule has 5 nitrogen and oxygen atoms in total. The van der Waals surface area contributed by atoms with Crippen LogP contribution in [0.1, 0.15) is 0 Å². The Morgan fingerprint density at radius 2 is 2.00 bits per heavy atom. The van der Waals surface area contributed by atoms with Gasteiger partial charge in [0, 0.05) is 17.8 Å². The highest BCUT2D eigenvalue weighted by atomic mass is 19.1. The Morgan fingerprint density at radius 3 is 2.90 bits per heavy atom. The summed E-state index contributed by atoms with van der Waals surface area (Å²) < 4.78 is 13.4. The lowest BCUT2D eigenvalue weighted by Crippen LogP contribution is -2.43. The molecule has 1 radical (unpaired) electrons. The Labute approximate surface area is 120 Å². The minimum Gasteiger partial charge on any atom is -0.361 e. The van der Waals surface area contributed by atoms with E-state index in [9.17, 15) is 4.39 Å². The van der Waals surface area contributed by atoms with E-state index in [1.54, 1.807) is 22.3 Å². The quantitative estimate of drug-likeness (QED) is 0.758. The van der Waals surface area contributed by atoms with Crippen LogP contribution < -0.4 is 15.7 Å². The summed E-state index contributed by atoms with van der Waals surface area (Å²) in [4.78, 5) is 3.16. The maximum Gasteiger partial charge on any atom is 0.222 e. The number of aromatic nitrogens is 1. The summed E-state index contributed by atoms with van der Waals surface area (Å²) in [6.07, 6.45) is 4.72. The van der Waals surface area contributed by atoms with Gasteiger partial charge in [0.15, 0.2) is 0 Å². The third-order valence-electron chi connectivity index (χ3n) is 3.33. The summed E-state index contributed by atoms with van der Waals surface area (Å²) in [5.74, 6) is -0.305. The van der Waals surface area contributed by atoms with Gasteiger partial charge in [-0.25, -0.2) is 9.40 Å². The van der Waals surface area contributed by atoms with Crippen LogP contribution in [0.3, 0.4) is 0 Å². The van der Waals surface area contributed by atoms with E-state index in [-0.39, 0.29) is 5.82 Å². The zero-order valence-electron chi connectivity index (χ0n) is 10.9. The van der Waals surface area contributed by atoms with Crippen LogP contribution in [0.25, 0.3) is 10.9 Å². The summed E-state index contributed by atoms with van der Waals surface area (Å²) in [5.41, 5.74) is 5.30. The van der Waals surface area contributed by atoms with Crippen molar-refractivity contribution >= 4 is 28.6 Å². The van der Waals surface area contributed by atoms with E-state index in [1.807, 2.05) is 30.5 Å². The van der Waals surface area contributed by atoms with Crippen LogP contribution >= 0.6 is 0 Å². The number of hydrazone groups is 1. The lowest BCUT2D eigenvalue weighted by atomic mass is 10.2. The average Bonchev–Trinajstić information content (AvgIpc) is 3.15. The van der Waals surface area contributed by atoms with Crippen LogP contribution in [-0.4, -0.2) is 11.3 Å². The number of nitrogens with one attached hydrogen (secondary N) is 2. The molecule has 0 bridgehead atoms. The average molecular weight is 280 g/mol. The molecule has 0 atom stereocenters. The molecule has 1 aliphatic heterocycles. The minimum atomic E-state index is -0.305. The monoisotopic (exact) mass is 280 g/mol. The molecule has 2 N–H and O–H groups in total. The Hall–Kier alpha value is -3.02. The first-order valence-corrected chi connectivity index (χ1v) is 6.45. The SMILES string of the molecule is Fc1cccc(N2NN=[C]N2c2ccc3cc[nH]c3c2)c1. The van der Waals surface area contributed by atoms with Crippen molar-refractivity contribution in [1.29, 1.82) is 0 Å². The highest BCUT2D eigenvalue weighted by Gasteiger charge is 2.21. The highest BCUT2D eigenvalue weighted by Crippen LogP contribution is 2.25. The van der Waals surface area contributed by atoms with E-state index in [2.05, 4.69) is 22.0 Å². The Balaban J connectivity index is 1.74. The van der Waals surface area contributed by atoms with Gasteiger partial charge in [0.1, 0.15) is 5.82 Å². The van der Waals surface area contributed by atoms with Crippen molar-refractivity contribution in [2.45, 2.75) is 0 Å². The molecule has 6 heteroatoms. The van der Waals surface area contributed by atoms with Gasteiger partial charge in [0.05, 0.1) is 11.4 Å². The molecular weight excluding hydrogens is 269 g/mol. The lowest BCUT2D eigenvalue weighted by Gasteiger charge is -2.27. The minimum absolute atomic E-state index is 0.305. The second kappa shape index (κ2) is 4.52. The third kappa shape index (κ3) is 1.97. The number of anilines is 2. The molecule has 0 unspecified atom stereocenters. The van der Waals surface area contributed by atoms with Gasteiger partial charge in [-0.3, -0.25) is 0 Å². The summed E-state index contributed by atoms with van der Waals surface area (Å²) in [6.45, 7) is 0. The summed E-state index contributed by atoms with van der Waals surface area (Å²) >= 11 is 0.